The van der Waals surface area contributed by atoms with E-state index in [1.54, 1.807) is 5.32 Å². The lowest BCUT2D eigenvalue weighted by Gasteiger charge is -2.17. The Morgan fingerprint density at radius 1 is 1.38 bits per heavy atom. The minimum atomic E-state index is -4.97. The number of carbonyl (C=O) groups is 2. The SMILES string of the molecule is CCCC[C@@H](CC(=O)O)NC(=O)C(F)(F)F. The Morgan fingerprint density at radius 3 is 2.31 bits per heavy atom. The molecular formula is C9H14F3NO3. The summed E-state index contributed by atoms with van der Waals surface area (Å²) >= 11 is 0. The number of hydrogen-bond donors (Lipinski definition) is 2. The fourth-order valence-electron chi connectivity index (χ4n) is 1.15. The van der Waals surface area contributed by atoms with Crippen LogP contribution in [0.15, 0.2) is 0 Å². The fraction of sp³-hybridized carbons (Fsp3) is 0.778. The summed E-state index contributed by atoms with van der Waals surface area (Å²) in [4.78, 5) is 21.0. The van der Waals surface area contributed by atoms with Crippen molar-refractivity contribution in [2.24, 2.45) is 0 Å². The molecule has 2 N–H and O–H groups in total. The molecule has 94 valence electrons. The van der Waals surface area contributed by atoms with E-state index in [0.29, 0.717) is 6.42 Å². The molecule has 0 saturated heterocycles. The van der Waals surface area contributed by atoms with Gasteiger partial charge >= 0.3 is 18.1 Å². The molecule has 0 saturated carbocycles. The van der Waals surface area contributed by atoms with Crippen molar-refractivity contribution in [1.82, 2.24) is 5.32 Å². The number of nitrogens with one attached hydrogen (secondary N) is 1. The third-order valence-electron chi connectivity index (χ3n) is 1.92. The van der Waals surface area contributed by atoms with Crippen molar-refractivity contribution in [2.45, 2.75) is 44.8 Å². The maximum Gasteiger partial charge on any atom is 0.471 e. The van der Waals surface area contributed by atoms with Gasteiger partial charge in [0.1, 0.15) is 0 Å². The summed E-state index contributed by atoms with van der Waals surface area (Å²) in [6, 6.07) is -0.966. The molecule has 0 aliphatic rings. The van der Waals surface area contributed by atoms with Gasteiger partial charge in [-0.2, -0.15) is 13.2 Å². The van der Waals surface area contributed by atoms with Gasteiger partial charge in [0, 0.05) is 6.04 Å². The summed E-state index contributed by atoms with van der Waals surface area (Å²) in [5.41, 5.74) is 0. The third kappa shape index (κ3) is 6.26. The summed E-state index contributed by atoms with van der Waals surface area (Å²) in [5, 5.41) is 10.1. The standard InChI is InChI=1S/C9H14F3NO3/c1-2-3-4-6(5-7(14)15)13-8(16)9(10,11)12/h6H,2-5H2,1H3,(H,13,16)(H,14,15)/t6-/m0/s1. The molecule has 0 aromatic rings. The van der Waals surface area contributed by atoms with E-state index in [1.165, 1.54) is 0 Å². The van der Waals surface area contributed by atoms with Crippen molar-refractivity contribution in [3.8, 4) is 0 Å². The van der Waals surface area contributed by atoms with Crippen LogP contribution in [-0.2, 0) is 9.59 Å². The number of amides is 1. The normalized spacial score (nSPS) is 13.2. The molecule has 0 spiro atoms. The summed E-state index contributed by atoms with van der Waals surface area (Å²) < 4.78 is 35.7. The monoisotopic (exact) mass is 241 g/mol. The van der Waals surface area contributed by atoms with Gasteiger partial charge in [0.05, 0.1) is 6.42 Å². The van der Waals surface area contributed by atoms with Crippen LogP contribution in [0, 0.1) is 0 Å². The van der Waals surface area contributed by atoms with Gasteiger partial charge in [-0.1, -0.05) is 19.8 Å². The highest BCUT2D eigenvalue weighted by atomic mass is 19.4. The zero-order valence-corrected chi connectivity index (χ0v) is 8.80. The molecule has 1 amide bonds. The average Bonchev–Trinajstić information content (AvgIpc) is 2.11. The molecule has 0 bridgehead atoms. The van der Waals surface area contributed by atoms with E-state index < -0.39 is 30.5 Å². The molecule has 1 atom stereocenters. The summed E-state index contributed by atoms with van der Waals surface area (Å²) in [6.07, 6.45) is -3.95. The van der Waals surface area contributed by atoms with Crippen molar-refractivity contribution >= 4 is 11.9 Å². The van der Waals surface area contributed by atoms with E-state index >= 15 is 0 Å². The molecule has 0 aliphatic heterocycles. The number of aliphatic carboxylic acids is 1. The van der Waals surface area contributed by atoms with Crippen LogP contribution in [0.2, 0.25) is 0 Å². The lowest BCUT2D eigenvalue weighted by Crippen LogP contribution is -2.44. The van der Waals surface area contributed by atoms with Gasteiger partial charge in [-0.05, 0) is 6.42 Å². The lowest BCUT2D eigenvalue weighted by molar-refractivity contribution is -0.174. The van der Waals surface area contributed by atoms with E-state index in [9.17, 15) is 22.8 Å². The van der Waals surface area contributed by atoms with Gasteiger partial charge in [0.2, 0.25) is 0 Å². The molecule has 0 aromatic heterocycles. The van der Waals surface area contributed by atoms with Crippen LogP contribution in [0.5, 0.6) is 0 Å². The predicted octanol–water partition coefficient (Wildman–Crippen LogP) is 1.70. The highest BCUT2D eigenvalue weighted by Crippen LogP contribution is 2.16. The average molecular weight is 241 g/mol. The molecule has 0 unspecified atom stereocenters. The summed E-state index contributed by atoms with van der Waals surface area (Å²) in [6.45, 7) is 1.82. The van der Waals surface area contributed by atoms with Crippen molar-refractivity contribution in [1.29, 1.82) is 0 Å². The Morgan fingerprint density at radius 2 is 1.94 bits per heavy atom. The molecule has 7 heteroatoms. The maximum absolute atomic E-state index is 11.9. The Hall–Kier alpha value is -1.27. The largest absolute Gasteiger partial charge is 0.481 e. The van der Waals surface area contributed by atoms with E-state index in [1.807, 2.05) is 6.92 Å². The number of unbranched alkanes of at least 4 members (excludes halogenated alkanes) is 1. The molecular weight excluding hydrogens is 227 g/mol. The van der Waals surface area contributed by atoms with E-state index in [4.69, 9.17) is 5.11 Å². The van der Waals surface area contributed by atoms with Crippen LogP contribution in [0.25, 0.3) is 0 Å². The zero-order chi connectivity index (χ0) is 12.8. The Kier molecular flexibility index (Phi) is 5.84. The van der Waals surface area contributed by atoms with Crippen LogP contribution in [0.1, 0.15) is 32.6 Å². The highest BCUT2D eigenvalue weighted by molar-refractivity contribution is 5.82. The molecule has 0 heterocycles. The molecule has 4 nitrogen and oxygen atoms in total. The molecule has 16 heavy (non-hydrogen) atoms. The molecule has 0 rings (SSSR count). The number of rotatable bonds is 6. The Bertz CT molecular complexity index is 253. The van der Waals surface area contributed by atoms with Crippen LogP contribution in [0.4, 0.5) is 13.2 Å². The quantitative estimate of drug-likeness (QED) is 0.743. The smallest absolute Gasteiger partial charge is 0.471 e. The second-order valence-electron chi connectivity index (χ2n) is 3.41. The van der Waals surface area contributed by atoms with Gasteiger partial charge in [0.25, 0.3) is 0 Å². The van der Waals surface area contributed by atoms with Crippen molar-refractivity contribution in [3.63, 3.8) is 0 Å². The van der Waals surface area contributed by atoms with Crippen LogP contribution in [-0.4, -0.2) is 29.2 Å². The highest BCUT2D eigenvalue weighted by Gasteiger charge is 2.39. The fourth-order valence-corrected chi connectivity index (χ4v) is 1.15. The van der Waals surface area contributed by atoms with Crippen molar-refractivity contribution in [3.05, 3.63) is 0 Å². The number of alkyl halides is 3. The number of carboxylic acids is 1. The summed E-state index contributed by atoms with van der Waals surface area (Å²) in [7, 11) is 0. The van der Waals surface area contributed by atoms with E-state index in [2.05, 4.69) is 0 Å². The first-order valence-electron chi connectivity index (χ1n) is 4.86. The van der Waals surface area contributed by atoms with Crippen molar-refractivity contribution in [2.75, 3.05) is 0 Å². The molecule has 0 aliphatic carbocycles. The lowest BCUT2D eigenvalue weighted by atomic mass is 10.1. The van der Waals surface area contributed by atoms with E-state index in [-0.39, 0.29) is 6.42 Å². The maximum atomic E-state index is 11.9. The van der Waals surface area contributed by atoms with Crippen LogP contribution in [0.3, 0.4) is 0 Å². The molecule has 0 radical (unpaired) electrons. The molecule has 0 aromatic carbocycles. The number of carbonyl (C=O) groups excluding carboxylic acids is 1. The minimum Gasteiger partial charge on any atom is -0.481 e. The van der Waals surface area contributed by atoms with Crippen molar-refractivity contribution < 1.29 is 27.9 Å². The third-order valence-corrected chi connectivity index (χ3v) is 1.92. The van der Waals surface area contributed by atoms with Gasteiger partial charge in [-0.15, -0.1) is 0 Å². The molecule has 0 fully saturated rings. The first kappa shape index (κ1) is 14.7. The topological polar surface area (TPSA) is 66.4 Å². The van der Waals surface area contributed by atoms with E-state index in [0.717, 1.165) is 6.42 Å². The first-order valence-corrected chi connectivity index (χ1v) is 4.86. The zero-order valence-electron chi connectivity index (χ0n) is 8.80. The summed E-state index contributed by atoms with van der Waals surface area (Å²) in [5.74, 6) is -3.32. The second kappa shape index (κ2) is 6.34. The van der Waals surface area contributed by atoms with Gasteiger partial charge < -0.3 is 10.4 Å². The van der Waals surface area contributed by atoms with Crippen LogP contribution >= 0.6 is 0 Å². The predicted molar refractivity (Wildman–Crippen MR) is 49.8 cm³/mol. The number of halogens is 3. The number of hydrogen-bond acceptors (Lipinski definition) is 2. The van der Waals surface area contributed by atoms with Gasteiger partial charge in [0.15, 0.2) is 0 Å². The Labute approximate surface area is 90.8 Å². The van der Waals surface area contributed by atoms with Gasteiger partial charge in [-0.25, -0.2) is 0 Å². The first-order chi connectivity index (χ1) is 7.27. The number of carboxylic acid groups (broad SMARTS) is 1. The second-order valence-corrected chi connectivity index (χ2v) is 3.41. The minimum absolute atomic E-state index is 0.227. The Balaban J connectivity index is 4.30. The van der Waals surface area contributed by atoms with Gasteiger partial charge in [-0.3, -0.25) is 9.59 Å². The van der Waals surface area contributed by atoms with Crippen LogP contribution < -0.4 is 5.32 Å².